The van der Waals surface area contributed by atoms with Crippen molar-refractivity contribution in [3.05, 3.63) is 0 Å². The Hall–Kier alpha value is -0.130. The molecular weight excluding hydrogens is 260 g/mol. The summed E-state index contributed by atoms with van der Waals surface area (Å²) in [6.07, 6.45) is 3.37. The van der Waals surface area contributed by atoms with E-state index in [1.807, 2.05) is 13.8 Å². The zero-order valence-electron chi connectivity index (χ0n) is 12.9. The molecule has 2 bridgehead atoms. The van der Waals surface area contributed by atoms with E-state index in [0.717, 1.165) is 12.8 Å². The molecule has 2 saturated carbocycles. The average Bonchev–Trinajstić information content (AvgIpc) is 2.62. The lowest BCUT2D eigenvalue weighted by Gasteiger charge is -2.39. The first-order chi connectivity index (χ1) is 8.69. The van der Waals surface area contributed by atoms with Crippen molar-refractivity contribution < 1.29 is 8.42 Å². The lowest BCUT2D eigenvalue weighted by molar-refractivity contribution is 0.129. The SMILES string of the molecule is CCN(CC)S(=O)(=O)NC1CC2CCC1(C)C2(C)C. The van der Waals surface area contributed by atoms with Crippen LogP contribution in [0, 0.1) is 16.7 Å². The molecule has 2 aliphatic rings. The van der Waals surface area contributed by atoms with E-state index in [9.17, 15) is 8.42 Å². The number of rotatable bonds is 5. The maximum absolute atomic E-state index is 12.4. The van der Waals surface area contributed by atoms with Gasteiger partial charge >= 0.3 is 0 Å². The lowest BCUT2D eigenvalue weighted by atomic mass is 9.69. The molecule has 0 saturated heterocycles. The summed E-state index contributed by atoms with van der Waals surface area (Å²) in [5.74, 6) is 0.655. The van der Waals surface area contributed by atoms with Gasteiger partial charge in [0.15, 0.2) is 0 Å². The summed E-state index contributed by atoms with van der Waals surface area (Å²) in [4.78, 5) is 0. The molecule has 3 unspecified atom stereocenters. The highest BCUT2D eigenvalue weighted by molar-refractivity contribution is 7.87. The predicted octanol–water partition coefficient (Wildman–Crippen LogP) is 2.38. The first-order valence-electron chi connectivity index (χ1n) is 7.46. The van der Waals surface area contributed by atoms with Gasteiger partial charge in [0.05, 0.1) is 0 Å². The largest absolute Gasteiger partial charge is 0.279 e. The van der Waals surface area contributed by atoms with Crippen molar-refractivity contribution in [2.24, 2.45) is 16.7 Å². The predicted molar refractivity (Wildman–Crippen MR) is 78.0 cm³/mol. The average molecular weight is 288 g/mol. The molecule has 112 valence electrons. The summed E-state index contributed by atoms with van der Waals surface area (Å²) in [6.45, 7) is 11.7. The van der Waals surface area contributed by atoms with Crippen LogP contribution in [0.1, 0.15) is 53.9 Å². The molecule has 2 aliphatic carbocycles. The zero-order valence-corrected chi connectivity index (χ0v) is 13.7. The highest BCUT2D eigenvalue weighted by Crippen LogP contribution is 2.65. The van der Waals surface area contributed by atoms with E-state index in [-0.39, 0.29) is 16.9 Å². The molecule has 0 aliphatic heterocycles. The third-order valence-electron chi connectivity index (χ3n) is 6.13. The molecule has 1 N–H and O–H groups in total. The number of hydrogen-bond acceptors (Lipinski definition) is 2. The molecule has 2 fully saturated rings. The Bertz CT molecular complexity index is 442. The highest BCUT2D eigenvalue weighted by atomic mass is 32.2. The van der Waals surface area contributed by atoms with Gasteiger partial charge in [-0.15, -0.1) is 0 Å². The van der Waals surface area contributed by atoms with E-state index in [2.05, 4.69) is 25.5 Å². The van der Waals surface area contributed by atoms with E-state index in [1.54, 1.807) is 0 Å². The van der Waals surface area contributed by atoms with Gasteiger partial charge in [0.25, 0.3) is 10.2 Å². The van der Waals surface area contributed by atoms with E-state index in [4.69, 9.17) is 0 Å². The minimum absolute atomic E-state index is 0.0897. The van der Waals surface area contributed by atoms with Crippen LogP contribution < -0.4 is 4.72 Å². The van der Waals surface area contributed by atoms with Gasteiger partial charge in [-0.25, -0.2) is 0 Å². The monoisotopic (exact) mass is 288 g/mol. The van der Waals surface area contributed by atoms with E-state index in [0.29, 0.717) is 19.0 Å². The molecule has 4 nitrogen and oxygen atoms in total. The Kier molecular flexibility index (Phi) is 3.78. The van der Waals surface area contributed by atoms with Gasteiger partial charge in [-0.2, -0.15) is 17.4 Å². The molecule has 0 spiro atoms. The standard InChI is InChI=1S/C14H28N2O2S/c1-6-16(7-2)19(17,18)15-12-10-11-8-9-14(12,5)13(11,3)4/h11-12,15H,6-10H2,1-5H3. The van der Waals surface area contributed by atoms with E-state index in [1.165, 1.54) is 10.7 Å². The second kappa shape index (κ2) is 4.71. The van der Waals surface area contributed by atoms with Crippen LogP contribution in [-0.2, 0) is 10.2 Å². The van der Waals surface area contributed by atoms with E-state index < -0.39 is 10.2 Å². The fourth-order valence-electron chi connectivity index (χ4n) is 4.20. The second-order valence-electron chi connectivity index (χ2n) is 6.87. The molecular formula is C14H28N2O2S. The molecule has 19 heavy (non-hydrogen) atoms. The minimum Gasteiger partial charge on any atom is -0.198 e. The van der Waals surface area contributed by atoms with Crippen LogP contribution in [0.25, 0.3) is 0 Å². The van der Waals surface area contributed by atoms with Crippen LogP contribution in [0.15, 0.2) is 0 Å². The maximum atomic E-state index is 12.4. The molecule has 0 amide bonds. The van der Waals surface area contributed by atoms with Gasteiger partial charge in [-0.3, -0.25) is 0 Å². The van der Waals surface area contributed by atoms with Gasteiger partial charge in [0.2, 0.25) is 0 Å². The number of hydrogen-bond donors (Lipinski definition) is 1. The quantitative estimate of drug-likeness (QED) is 0.844. The summed E-state index contributed by atoms with van der Waals surface area (Å²) in [7, 11) is -3.33. The van der Waals surface area contributed by atoms with Crippen molar-refractivity contribution >= 4 is 10.2 Å². The van der Waals surface area contributed by atoms with Crippen molar-refractivity contribution in [2.75, 3.05) is 13.1 Å². The van der Waals surface area contributed by atoms with Crippen molar-refractivity contribution in [3.63, 3.8) is 0 Å². The smallest absolute Gasteiger partial charge is 0.198 e. The lowest BCUT2D eigenvalue weighted by Crippen LogP contribution is -2.51. The second-order valence-corrected chi connectivity index (χ2v) is 8.57. The Morgan fingerprint density at radius 3 is 2.16 bits per heavy atom. The van der Waals surface area contributed by atoms with Gasteiger partial charge in [0, 0.05) is 19.1 Å². The summed E-state index contributed by atoms with van der Waals surface area (Å²) in [5, 5.41) is 0. The zero-order chi connectivity index (χ0) is 14.5. The first kappa shape index (κ1) is 15.3. The van der Waals surface area contributed by atoms with Crippen LogP contribution in [-0.4, -0.2) is 31.9 Å². The van der Waals surface area contributed by atoms with Gasteiger partial charge in [0.1, 0.15) is 0 Å². The van der Waals surface area contributed by atoms with Gasteiger partial charge < -0.3 is 0 Å². The number of nitrogens with one attached hydrogen (secondary N) is 1. The fourth-order valence-corrected chi connectivity index (χ4v) is 5.74. The third-order valence-corrected chi connectivity index (χ3v) is 7.91. The Balaban J connectivity index is 2.18. The van der Waals surface area contributed by atoms with Crippen LogP contribution in [0.2, 0.25) is 0 Å². The molecule has 2 rings (SSSR count). The molecule has 3 atom stereocenters. The molecule has 0 radical (unpaired) electrons. The third kappa shape index (κ3) is 2.14. The molecule has 0 heterocycles. The number of fused-ring (bicyclic) bond motifs is 2. The van der Waals surface area contributed by atoms with Crippen LogP contribution >= 0.6 is 0 Å². The van der Waals surface area contributed by atoms with E-state index >= 15 is 0 Å². The number of nitrogens with zero attached hydrogens (tertiary/aromatic N) is 1. The van der Waals surface area contributed by atoms with Gasteiger partial charge in [-0.1, -0.05) is 34.6 Å². The summed E-state index contributed by atoms with van der Waals surface area (Å²) < 4.78 is 29.3. The first-order valence-corrected chi connectivity index (χ1v) is 8.90. The van der Waals surface area contributed by atoms with Gasteiger partial charge in [-0.05, 0) is 36.0 Å². The fraction of sp³-hybridized carbons (Fsp3) is 1.00. The van der Waals surface area contributed by atoms with Crippen LogP contribution in [0.5, 0.6) is 0 Å². The van der Waals surface area contributed by atoms with Crippen molar-refractivity contribution in [1.29, 1.82) is 0 Å². The summed E-state index contributed by atoms with van der Waals surface area (Å²) in [6, 6.07) is 0.0897. The normalized spacial score (nSPS) is 37.2. The highest BCUT2D eigenvalue weighted by Gasteiger charge is 2.62. The molecule has 0 aromatic carbocycles. The van der Waals surface area contributed by atoms with Crippen LogP contribution in [0.3, 0.4) is 0 Å². The van der Waals surface area contributed by atoms with Crippen molar-refractivity contribution in [3.8, 4) is 0 Å². The Labute approximate surface area is 118 Å². The van der Waals surface area contributed by atoms with Crippen LogP contribution in [0.4, 0.5) is 0 Å². The van der Waals surface area contributed by atoms with Crippen molar-refractivity contribution in [1.82, 2.24) is 9.03 Å². The molecule has 0 aromatic rings. The van der Waals surface area contributed by atoms with Crippen molar-refractivity contribution in [2.45, 2.75) is 59.9 Å². The molecule has 5 heteroatoms. The molecule has 0 aromatic heterocycles. The minimum atomic E-state index is -3.33. The topological polar surface area (TPSA) is 49.4 Å². The maximum Gasteiger partial charge on any atom is 0.279 e. The summed E-state index contributed by atoms with van der Waals surface area (Å²) >= 11 is 0. The summed E-state index contributed by atoms with van der Waals surface area (Å²) in [5.41, 5.74) is 0.335. The Morgan fingerprint density at radius 2 is 1.79 bits per heavy atom. The Morgan fingerprint density at radius 1 is 1.21 bits per heavy atom.